The number of carbonyl (C=O) groups is 1. The number of methoxy groups -OCH3 is 2. The number of hydrogen-bond acceptors (Lipinski definition) is 5. The Bertz CT molecular complexity index is 916. The van der Waals surface area contributed by atoms with Crippen LogP contribution in [-0.4, -0.2) is 41.1 Å². The molecule has 2 aromatic carbocycles. The maximum Gasteiger partial charge on any atom is 0.245 e. The highest BCUT2D eigenvalue weighted by atomic mass is 35.5. The van der Waals surface area contributed by atoms with Crippen molar-refractivity contribution < 1.29 is 22.7 Å². The summed E-state index contributed by atoms with van der Waals surface area (Å²) in [6.45, 7) is 1.84. The van der Waals surface area contributed by atoms with E-state index in [1.807, 2.05) is 24.3 Å². The molecule has 0 fully saturated rings. The van der Waals surface area contributed by atoms with Crippen molar-refractivity contribution >= 4 is 27.5 Å². The Morgan fingerprint density at radius 3 is 2.39 bits per heavy atom. The van der Waals surface area contributed by atoms with Gasteiger partial charge in [0, 0.05) is 11.6 Å². The fourth-order valence-corrected chi connectivity index (χ4v) is 4.12. The summed E-state index contributed by atoms with van der Waals surface area (Å²) in [4.78, 5) is 12.1. The first-order chi connectivity index (χ1) is 13.3. The minimum absolute atomic E-state index is 0.125. The molecule has 0 unspecified atom stereocenters. The van der Waals surface area contributed by atoms with Crippen LogP contribution in [0.3, 0.4) is 0 Å². The van der Waals surface area contributed by atoms with Gasteiger partial charge in [-0.2, -0.15) is 4.72 Å². The number of halogens is 1. The number of carbonyl (C=O) groups excluding carboxylic acids is 1. The molecule has 1 amide bonds. The molecule has 1 atom stereocenters. The first-order valence-electron chi connectivity index (χ1n) is 8.53. The Kier molecular flexibility index (Phi) is 7.68. The second-order valence-corrected chi connectivity index (χ2v) is 8.15. The lowest BCUT2D eigenvalue weighted by Crippen LogP contribution is -2.45. The van der Waals surface area contributed by atoms with Gasteiger partial charge in [-0.15, -0.1) is 0 Å². The fourth-order valence-electron chi connectivity index (χ4n) is 2.49. The number of sulfonamides is 1. The number of amides is 1. The predicted octanol–water partition coefficient (Wildman–Crippen LogP) is 2.38. The minimum Gasteiger partial charge on any atom is -0.497 e. The topological polar surface area (TPSA) is 93.7 Å². The van der Waals surface area contributed by atoms with Crippen molar-refractivity contribution in [1.82, 2.24) is 10.0 Å². The SMILES string of the molecule is COc1ccc(CCNC(=O)[C@H](C)NS(=O)(=O)c2cc(Cl)ccc2OC)cc1. The van der Waals surface area contributed by atoms with Crippen LogP contribution in [0.25, 0.3) is 0 Å². The highest BCUT2D eigenvalue weighted by molar-refractivity contribution is 7.89. The normalized spacial score (nSPS) is 12.3. The lowest BCUT2D eigenvalue weighted by Gasteiger charge is -2.16. The molecule has 0 spiro atoms. The smallest absolute Gasteiger partial charge is 0.245 e. The monoisotopic (exact) mass is 426 g/mol. The lowest BCUT2D eigenvalue weighted by molar-refractivity contribution is -0.122. The molecule has 0 aliphatic heterocycles. The summed E-state index contributed by atoms with van der Waals surface area (Å²) in [6, 6.07) is 10.8. The summed E-state index contributed by atoms with van der Waals surface area (Å²) in [5.41, 5.74) is 1.03. The Labute approximate surface area is 170 Å². The molecule has 28 heavy (non-hydrogen) atoms. The van der Waals surface area contributed by atoms with E-state index in [0.29, 0.717) is 13.0 Å². The average Bonchev–Trinajstić information content (AvgIpc) is 2.68. The van der Waals surface area contributed by atoms with E-state index in [1.54, 1.807) is 7.11 Å². The van der Waals surface area contributed by atoms with E-state index < -0.39 is 22.0 Å². The summed E-state index contributed by atoms with van der Waals surface area (Å²) < 4.78 is 37.7. The quantitative estimate of drug-likeness (QED) is 0.642. The van der Waals surface area contributed by atoms with Crippen LogP contribution < -0.4 is 19.5 Å². The van der Waals surface area contributed by atoms with Crippen molar-refractivity contribution in [2.24, 2.45) is 0 Å². The molecule has 0 bridgehead atoms. The van der Waals surface area contributed by atoms with E-state index >= 15 is 0 Å². The maximum atomic E-state index is 12.6. The van der Waals surface area contributed by atoms with Crippen LogP contribution >= 0.6 is 11.6 Å². The van der Waals surface area contributed by atoms with E-state index in [9.17, 15) is 13.2 Å². The summed E-state index contributed by atoms with van der Waals surface area (Å²) in [5, 5.41) is 2.97. The Balaban J connectivity index is 1.94. The highest BCUT2D eigenvalue weighted by Crippen LogP contribution is 2.27. The molecule has 152 valence electrons. The zero-order chi connectivity index (χ0) is 20.7. The van der Waals surface area contributed by atoms with E-state index in [2.05, 4.69) is 10.0 Å². The first kappa shape index (κ1) is 22.0. The zero-order valence-electron chi connectivity index (χ0n) is 15.9. The van der Waals surface area contributed by atoms with Gasteiger partial charge in [0.2, 0.25) is 15.9 Å². The molecule has 0 aliphatic rings. The zero-order valence-corrected chi connectivity index (χ0v) is 17.4. The standard InChI is InChI=1S/C19H23ClN2O5S/c1-13(19(23)21-11-10-14-4-7-16(26-2)8-5-14)22-28(24,25)18-12-15(20)6-9-17(18)27-3/h4-9,12-13,22H,10-11H2,1-3H3,(H,21,23)/t13-/m0/s1. The third kappa shape index (κ3) is 5.85. The molecule has 9 heteroatoms. The fraction of sp³-hybridized carbons (Fsp3) is 0.316. The number of ether oxygens (including phenoxy) is 2. The summed E-state index contributed by atoms with van der Waals surface area (Å²) in [7, 11) is -1.04. The maximum absolute atomic E-state index is 12.6. The lowest BCUT2D eigenvalue weighted by atomic mass is 10.1. The summed E-state index contributed by atoms with van der Waals surface area (Å²) in [6.07, 6.45) is 0.608. The Hall–Kier alpha value is -2.29. The van der Waals surface area contributed by atoms with Gasteiger partial charge in [0.05, 0.1) is 20.3 Å². The van der Waals surface area contributed by atoms with Gasteiger partial charge >= 0.3 is 0 Å². The van der Waals surface area contributed by atoms with Crippen molar-refractivity contribution in [2.75, 3.05) is 20.8 Å². The van der Waals surface area contributed by atoms with Gasteiger partial charge in [-0.1, -0.05) is 23.7 Å². The Morgan fingerprint density at radius 2 is 1.79 bits per heavy atom. The molecule has 7 nitrogen and oxygen atoms in total. The van der Waals surface area contributed by atoms with Crippen LogP contribution in [0.15, 0.2) is 47.4 Å². The molecular weight excluding hydrogens is 404 g/mol. The summed E-state index contributed by atoms with van der Waals surface area (Å²) >= 11 is 5.89. The van der Waals surface area contributed by atoms with Gasteiger partial charge in [-0.3, -0.25) is 4.79 Å². The molecule has 0 aromatic heterocycles. The molecule has 0 saturated heterocycles. The van der Waals surface area contributed by atoms with E-state index in [0.717, 1.165) is 11.3 Å². The minimum atomic E-state index is -3.99. The van der Waals surface area contributed by atoms with Crippen molar-refractivity contribution in [2.45, 2.75) is 24.3 Å². The third-order valence-corrected chi connectivity index (χ3v) is 5.81. The van der Waals surface area contributed by atoms with Gasteiger partial charge in [-0.25, -0.2) is 8.42 Å². The van der Waals surface area contributed by atoms with Gasteiger partial charge in [0.25, 0.3) is 0 Å². The van der Waals surface area contributed by atoms with Gasteiger partial charge < -0.3 is 14.8 Å². The van der Waals surface area contributed by atoms with Crippen LogP contribution in [0.4, 0.5) is 0 Å². The molecular formula is C19H23ClN2O5S. The molecule has 2 N–H and O–H groups in total. The van der Waals surface area contributed by atoms with Crippen LogP contribution in [0.2, 0.25) is 5.02 Å². The third-order valence-electron chi connectivity index (χ3n) is 4.01. The number of benzene rings is 2. The largest absolute Gasteiger partial charge is 0.497 e. The first-order valence-corrected chi connectivity index (χ1v) is 10.4. The van der Waals surface area contributed by atoms with E-state index in [4.69, 9.17) is 21.1 Å². The molecule has 0 saturated carbocycles. The average molecular weight is 427 g/mol. The van der Waals surface area contributed by atoms with Crippen LogP contribution in [0.1, 0.15) is 12.5 Å². The predicted molar refractivity (Wildman–Crippen MR) is 107 cm³/mol. The van der Waals surface area contributed by atoms with Gasteiger partial charge in [0.15, 0.2) is 0 Å². The molecule has 2 rings (SSSR count). The molecule has 0 aliphatic carbocycles. The molecule has 0 radical (unpaired) electrons. The Morgan fingerprint density at radius 1 is 1.11 bits per heavy atom. The van der Waals surface area contributed by atoms with Gasteiger partial charge in [-0.05, 0) is 49.2 Å². The van der Waals surface area contributed by atoms with Crippen LogP contribution in [0.5, 0.6) is 11.5 Å². The van der Waals surface area contributed by atoms with Gasteiger partial charge in [0.1, 0.15) is 16.4 Å². The van der Waals surface area contributed by atoms with Crippen LogP contribution in [-0.2, 0) is 21.2 Å². The van der Waals surface area contributed by atoms with Crippen molar-refractivity contribution in [1.29, 1.82) is 0 Å². The van der Waals surface area contributed by atoms with Crippen molar-refractivity contribution in [3.05, 3.63) is 53.1 Å². The molecule has 0 heterocycles. The van der Waals surface area contributed by atoms with E-state index in [-0.39, 0.29) is 15.7 Å². The number of nitrogens with one attached hydrogen (secondary N) is 2. The van der Waals surface area contributed by atoms with Crippen molar-refractivity contribution in [3.63, 3.8) is 0 Å². The summed E-state index contributed by atoms with van der Waals surface area (Å²) in [5.74, 6) is 0.467. The van der Waals surface area contributed by atoms with Crippen LogP contribution in [0, 0.1) is 0 Å². The second kappa shape index (κ2) is 9.77. The molecule has 2 aromatic rings. The van der Waals surface area contributed by atoms with E-state index in [1.165, 1.54) is 32.2 Å². The number of rotatable bonds is 9. The number of hydrogen-bond donors (Lipinski definition) is 2. The van der Waals surface area contributed by atoms with Crippen molar-refractivity contribution in [3.8, 4) is 11.5 Å². The highest BCUT2D eigenvalue weighted by Gasteiger charge is 2.25. The second-order valence-electron chi connectivity index (χ2n) is 6.03.